The van der Waals surface area contributed by atoms with Crippen LogP contribution in [0.2, 0.25) is 0 Å². The first-order valence-corrected chi connectivity index (χ1v) is 10.6. The molecule has 1 aromatic heterocycles. The normalized spacial score (nSPS) is 10.8. The third-order valence-electron chi connectivity index (χ3n) is 4.27. The van der Waals surface area contributed by atoms with Gasteiger partial charge < -0.3 is 9.47 Å². The Kier molecular flexibility index (Phi) is 7.25. The Morgan fingerprint density at radius 1 is 1.00 bits per heavy atom. The van der Waals surface area contributed by atoms with Crippen molar-refractivity contribution in [2.24, 2.45) is 0 Å². The molecule has 0 saturated heterocycles. The monoisotopic (exact) mass is 398 g/mol. The Labute approximate surface area is 169 Å². The Hall–Kier alpha value is -2.60. The van der Waals surface area contributed by atoms with Crippen molar-refractivity contribution in [1.29, 1.82) is 0 Å². The van der Waals surface area contributed by atoms with Gasteiger partial charge in [-0.05, 0) is 55.8 Å². The van der Waals surface area contributed by atoms with Crippen molar-refractivity contribution in [3.63, 3.8) is 0 Å². The van der Waals surface area contributed by atoms with E-state index in [2.05, 4.69) is 17.2 Å². The van der Waals surface area contributed by atoms with Crippen molar-refractivity contribution in [1.82, 2.24) is 4.98 Å². The lowest BCUT2D eigenvalue weighted by molar-refractivity contribution is 0.102. The average Bonchev–Trinajstić information content (AvgIpc) is 3.10. The molecule has 0 unspecified atom stereocenters. The molecule has 3 rings (SSSR count). The van der Waals surface area contributed by atoms with E-state index in [1.54, 1.807) is 12.1 Å². The number of rotatable bonds is 10. The molecule has 0 aliphatic carbocycles. The molecular formula is C22H26N2O3S. The first kappa shape index (κ1) is 20.1. The molecule has 1 heterocycles. The molecule has 0 radical (unpaired) electrons. The van der Waals surface area contributed by atoms with Crippen molar-refractivity contribution in [3.8, 4) is 11.5 Å². The largest absolute Gasteiger partial charge is 0.494 e. The molecule has 0 spiro atoms. The fraction of sp³-hybridized carbons (Fsp3) is 0.364. The molecule has 0 saturated carbocycles. The lowest BCUT2D eigenvalue weighted by atomic mass is 10.2. The van der Waals surface area contributed by atoms with E-state index in [-0.39, 0.29) is 5.91 Å². The predicted octanol–water partition coefficient (Wildman–Crippen LogP) is 5.91. The summed E-state index contributed by atoms with van der Waals surface area (Å²) in [5.41, 5.74) is 1.42. The molecule has 28 heavy (non-hydrogen) atoms. The molecule has 5 nitrogen and oxygen atoms in total. The number of anilines is 1. The number of fused-ring (bicyclic) bond motifs is 1. The van der Waals surface area contributed by atoms with Crippen molar-refractivity contribution in [3.05, 3.63) is 48.0 Å². The summed E-state index contributed by atoms with van der Waals surface area (Å²) in [7, 11) is 0. The van der Waals surface area contributed by atoms with Crippen LogP contribution in [0, 0.1) is 0 Å². The molecule has 148 valence electrons. The van der Waals surface area contributed by atoms with Crippen molar-refractivity contribution in [2.75, 3.05) is 18.5 Å². The number of unbranched alkanes of at least 4 members (excludes halogenated alkanes) is 3. The summed E-state index contributed by atoms with van der Waals surface area (Å²) in [5, 5.41) is 3.45. The number of thiazole rings is 1. The summed E-state index contributed by atoms with van der Waals surface area (Å²) < 4.78 is 12.2. The highest BCUT2D eigenvalue weighted by molar-refractivity contribution is 7.22. The second-order valence-corrected chi connectivity index (χ2v) is 7.50. The summed E-state index contributed by atoms with van der Waals surface area (Å²) in [6.45, 7) is 5.47. The molecule has 2 aromatic carbocycles. The molecule has 3 aromatic rings. The number of ether oxygens (including phenoxy) is 2. The first-order chi connectivity index (χ1) is 13.7. The van der Waals surface area contributed by atoms with Gasteiger partial charge in [-0.2, -0.15) is 0 Å². The van der Waals surface area contributed by atoms with Gasteiger partial charge in [0.2, 0.25) is 0 Å². The number of hydrogen-bond acceptors (Lipinski definition) is 5. The van der Waals surface area contributed by atoms with Crippen LogP contribution in [0.15, 0.2) is 42.5 Å². The van der Waals surface area contributed by atoms with Gasteiger partial charge in [-0.3, -0.25) is 10.1 Å². The maximum atomic E-state index is 12.5. The van der Waals surface area contributed by atoms with Crippen molar-refractivity contribution >= 4 is 32.6 Å². The van der Waals surface area contributed by atoms with Gasteiger partial charge in [-0.1, -0.05) is 37.5 Å². The summed E-state index contributed by atoms with van der Waals surface area (Å²) in [6.07, 6.45) is 4.69. The van der Waals surface area contributed by atoms with E-state index >= 15 is 0 Å². The van der Waals surface area contributed by atoms with Crippen LogP contribution in [-0.4, -0.2) is 24.1 Å². The average molecular weight is 399 g/mol. The van der Waals surface area contributed by atoms with Crippen molar-refractivity contribution in [2.45, 2.75) is 39.5 Å². The summed E-state index contributed by atoms with van der Waals surface area (Å²) in [5.74, 6) is 1.41. The second-order valence-electron chi connectivity index (χ2n) is 6.47. The highest BCUT2D eigenvalue weighted by Crippen LogP contribution is 2.29. The van der Waals surface area contributed by atoms with Crippen LogP contribution in [0.5, 0.6) is 11.5 Å². The quantitative estimate of drug-likeness (QED) is 0.432. The van der Waals surface area contributed by atoms with Crippen LogP contribution in [0.1, 0.15) is 49.9 Å². The topological polar surface area (TPSA) is 60.5 Å². The predicted molar refractivity (Wildman–Crippen MR) is 115 cm³/mol. The van der Waals surface area contributed by atoms with Crippen molar-refractivity contribution < 1.29 is 14.3 Å². The zero-order valence-corrected chi connectivity index (χ0v) is 17.2. The Bertz CT molecular complexity index is 906. The van der Waals surface area contributed by atoms with Crippen LogP contribution in [0.25, 0.3) is 10.2 Å². The highest BCUT2D eigenvalue weighted by Gasteiger charge is 2.11. The number of nitrogens with zero attached hydrogens (tertiary/aromatic N) is 1. The fourth-order valence-electron chi connectivity index (χ4n) is 2.81. The number of benzene rings is 2. The standard InChI is InChI=1S/C22H26N2O3S/c1-3-5-6-7-14-27-17-10-8-16(9-11-17)21(25)24-22-23-19-13-12-18(26-4-2)15-20(19)28-22/h8-13,15H,3-7,14H2,1-2H3,(H,23,24,25). The van der Waals surface area contributed by atoms with E-state index in [1.165, 1.54) is 30.6 Å². The molecule has 0 fully saturated rings. The van der Waals surface area contributed by atoms with E-state index in [0.29, 0.717) is 23.9 Å². The maximum Gasteiger partial charge on any atom is 0.257 e. The molecule has 0 bridgehead atoms. The van der Waals surface area contributed by atoms with Gasteiger partial charge >= 0.3 is 0 Å². The minimum atomic E-state index is -0.182. The van der Waals surface area contributed by atoms with Gasteiger partial charge in [0.05, 0.1) is 23.4 Å². The number of carbonyl (C=O) groups excluding carboxylic acids is 1. The van der Waals surface area contributed by atoms with E-state index in [4.69, 9.17) is 9.47 Å². The lowest BCUT2D eigenvalue weighted by Crippen LogP contribution is -2.11. The van der Waals surface area contributed by atoms with Crippen LogP contribution in [0.4, 0.5) is 5.13 Å². The summed E-state index contributed by atoms with van der Waals surface area (Å²) >= 11 is 1.43. The van der Waals surface area contributed by atoms with Gasteiger partial charge in [0.1, 0.15) is 11.5 Å². The fourth-order valence-corrected chi connectivity index (χ4v) is 3.69. The number of aromatic nitrogens is 1. The first-order valence-electron chi connectivity index (χ1n) is 9.77. The Morgan fingerprint density at radius 3 is 2.54 bits per heavy atom. The maximum absolute atomic E-state index is 12.5. The van der Waals surface area contributed by atoms with Gasteiger partial charge in [0.25, 0.3) is 5.91 Å². The van der Waals surface area contributed by atoms with Gasteiger partial charge in [-0.25, -0.2) is 4.98 Å². The molecule has 0 aliphatic heterocycles. The van der Waals surface area contributed by atoms with E-state index < -0.39 is 0 Å². The zero-order valence-electron chi connectivity index (χ0n) is 16.4. The number of nitrogens with one attached hydrogen (secondary N) is 1. The second kappa shape index (κ2) is 10.1. The van der Waals surface area contributed by atoms with Crippen LogP contribution in [-0.2, 0) is 0 Å². The molecular weight excluding hydrogens is 372 g/mol. The minimum absolute atomic E-state index is 0.182. The van der Waals surface area contributed by atoms with E-state index in [9.17, 15) is 4.79 Å². The third-order valence-corrected chi connectivity index (χ3v) is 5.21. The highest BCUT2D eigenvalue weighted by atomic mass is 32.1. The summed E-state index contributed by atoms with van der Waals surface area (Å²) in [4.78, 5) is 17.0. The van der Waals surface area contributed by atoms with Crippen LogP contribution < -0.4 is 14.8 Å². The SMILES string of the molecule is CCCCCCOc1ccc(C(=O)Nc2nc3ccc(OCC)cc3s2)cc1. The molecule has 6 heteroatoms. The molecule has 1 N–H and O–H groups in total. The van der Waals surface area contributed by atoms with E-state index in [1.807, 2.05) is 37.3 Å². The summed E-state index contributed by atoms with van der Waals surface area (Å²) in [6, 6.07) is 13.0. The molecule has 0 atom stereocenters. The lowest BCUT2D eigenvalue weighted by Gasteiger charge is -2.07. The smallest absolute Gasteiger partial charge is 0.257 e. The van der Waals surface area contributed by atoms with Crippen LogP contribution in [0.3, 0.4) is 0 Å². The Balaban J connectivity index is 1.57. The number of hydrogen-bond donors (Lipinski definition) is 1. The minimum Gasteiger partial charge on any atom is -0.494 e. The third kappa shape index (κ3) is 5.45. The molecule has 0 aliphatic rings. The van der Waals surface area contributed by atoms with Crippen LogP contribution >= 0.6 is 11.3 Å². The van der Waals surface area contributed by atoms with Gasteiger partial charge in [0, 0.05) is 5.56 Å². The van der Waals surface area contributed by atoms with Gasteiger partial charge in [0.15, 0.2) is 5.13 Å². The zero-order chi connectivity index (χ0) is 19.8. The number of carbonyl (C=O) groups is 1. The Morgan fingerprint density at radius 2 is 1.79 bits per heavy atom. The number of amides is 1. The van der Waals surface area contributed by atoms with E-state index in [0.717, 1.165) is 28.1 Å². The van der Waals surface area contributed by atoms with Gasteiger partial charge in [-0.15, -0.1) is 0 Å². The molecule has 1 amide bonds.